The average Bonchev–Trinajstić information content (AvgIpc) is 2.84. The maximum absolute atomic E-state index is 13.1. The number of nitrogens with zero attached hydrogens (tertiary/aromatic N) is 4. The standard InChI is InChI=1S/C25H24N4O2S/c1-19-18-28(16-17-29(19)32(30,31)21-12-6-3-7-13-21)25-23-15-9-8-14-22(23)24(26-27-25)20-10-4-2-5-11-20/h2-15,19H,16-18H2,1H3/t19-/m0/s1. The molecule has 0 radical (unpaired) electrons. The van der Waals surface area contributed by atoms with E-state index < -0.39 is 10.0 Å². The van der Waals surface area contributed by atoms with E-state index in [-0.39, 0.29) is 6.04 Å². The van der Waals surface area contributed by atoms with E-state index in [0.29, 0.717) is 24.5 Å². The van der Waals surface area contributed by atoms with Crippen LogP contribution in [0, 0.1) is 0 Å². The summed E-state index contributed by atoms with van der Waals surface area (Å²) in [5, 5.41) is 11.2. The van der Waals surface area contributed by atoms with Crippen LogP contribution in [0.25, 0.3) is 22.0 Å². The smallest absolute Gasteiger partial charge is 0.243 e. The minimum Gasteiger partial charge on any atom is -0.352 e. The van der Waals surface area contributed by atoms with Crippen molar-refractivity contribution in [2.75, 3.05) is 24.5 Å². The van der Waals surface area contributed by atoms with Gasteiger partial charge in [0.1, 0.15) is 5.69 Å². The van der Waals surface area contributed by atoms with E-state index in [4.69, 9.17) is 0 Å². The monoisotopic (exact) mass is 444 g/mol. The molecular formula is C25H24N4O2S. The molecule has 0 saturated carbocycles. The number of benzene rings is 3. The van der Waals surface area contributed by atoms with E-state index in [2.05, 4.69) is 27.2 Å². The fourth-order valence-electron chi connectivity index (χ4n) is 4.35. The molecule has 3 aromatic carbocycles. The van der Waals surface area contributed by atoms with Gasteiger partial charge in [0.25, 0.3) is 0 Å². The summed E-state index contributed by atoms with van der Waals surface area (Å²) in [6, 6.07) is 26.6. The van der Waals surface area contributed by atoms with Crippen LogP contribution in [0.15, 0.2) is 89.8 Å². The number of hydrogen-bond donors (Lipinski definition) is 0. The first-order valence-corrected chi connectivity index (χ1v) is 12.1. The highest BCUT2D eigenvalue weighted by molar-refractivity contribution is 7.89. The summed E-state index contributed by atoms with van der Waals surface area (Å²) in [5.74, 6) is 0.795. The number of anilines is 1. The van der Waals surface area contributed by atoms with Crippen LogP contribution in [0.2, 0.25) is 0 Å². The summed E-state index contributed by atoms with van der Waals surface area (Å²) < 4.78 is 27.9. The van der Waals surface area contributed by atoms with E-state index in [0.717, 1.165) is 27.8 Å². The van der Waals surface area contributed by atoms with Crippen LogP contribution in [0.4, 0.5) is 5.82 Å². The number of sulfonamides is 1. The lowest BCUT2D eigenvalue weighted by Crippen LogP contribution is -2.54. The second-order valence-electron chi connectivity index (χ2n) is 8.01. The van der Waals surface area contributed by atoms with Gasteiger partial charge in [0.2, 0.25) is 10.0 Å². The summed E-state index contributed by atoms with van der Waals surface area (Å²) in [7, 11) is -3.53. The maximum Gasteiger partial charge on any atom is 0.243 e. The number of piperazine rings is 1. The maximum atomic E-state index is 13.1. The Hall–Kier alpha value is -3.29. The Morgan fingerprint density at radius 2 is 1.41 bits per heavy atom. The predicted octanol–water partition coefficient (Wildman–Crippen LogP) is 4.20. The van der Waals surface area contributed by atoms with Crippen LogP contribution < -0.4 is 4.90 Å². The molecular weight excluding hydrogens is 420 g/mol. The van der Waals surface area contributed by atoms with Crippen LogP contribution in [-0.2, 0) is 10.0 Å². The Balaban J connectivity index is 1.47. The molecule has 0 aliphatic carbocycles. The second kappa shape index (κ2) is 8.33. The third kappa shape index (κ3) is 3.63. The summed E-state index contributed by atoms with van der Waals surface area (Å²) in [4.78, 5) is 2.48. The molecule has 0 bridgehead atoms. The number of aromatic nitrogens is 2. The summed E-state index contributed by atoms with van der Waals surface area (Å²) in [6.45, 7) is 3.45. The topological polar surface area (TPSA) is 66.4 Å². The van der Waals surface area contributed by atoms with Gasteiger partial charge in [0.05, 0.1) is 4.90 Å². The van der Waals surface area contributed by atoms with E-state index in [1.54, 1.807) is 28.6 Å². The molecule has 5 rings (SSSR count). The number of rotatable bonds is 4. The van der Waals surface area contributed by atoms with Crippen LogP contribution >= 0.6 is 0 Å². The van der Waals surface area contributed by atoms with Crippen molar-refractivity contribution in [3.05, 3.63) is 84.9 Å². The Kier molecular flexibility index (Phi) is 5.36. The highest BCUT2D eigenvalue weighted by atomic mass is 32.2. The lowest BCUT2D eigenvalue weighted by Gasteiger charge is -2.39. The molecule has 0 spiro atoms. The van der Waals surface area contributed by atoms with Crippen LogP contribution in [0.1, 0.15) is 6.92 Å². The quantitative estimate of drug-likeness (QED) is 0.472. The van der Waals surface area contributed by atoms with Gasteiger partial charge in [-0.1, -0.05) is 72.8 Å². The molecule has 1 aromatic heterocycles. The number of hydrogen-bond acceptors (Lipinski definition) is 5. The molecule has 0 amide bonds. The Morgan fingerprint density at radius 1 is 0.781 bits per heavy atom. The average molecular weight is 445 g/mol. The van der Waals surface area contributed by atoms with Gasteiger partial charge in [0, 0.05) is 42.0 Å². The van der Waals surface area contributed by atoms with E-state index >= 15 is 0 Å². The minimum atomic E-state index is -3.53. The zero-order valence-electron chi connectivity index (χ0n) is 17.8. The van der Waals surface area contributed by atoms with Gasteiger partial charge in [-0.2, -0.15) is 4.31 Å². The van der Waals surface area contributed by atoms with Crippen molar-refractivity contribution in [1.29, 1.82) is 0 Å². The first-order valence-electron chi connectivity index (χ1n) is 10.7. The second-order valence-corrected chi connectivity index (χ2v) is 9.90. The first-order chi connectivity index (χ1) is 15.6. The molecule has 4 aromatic rings. The molecule has 1 saturated heterocycles. The van der Waals surface area contributed by atoms with Gasteiger partial charge in [0.15, 0.2) is 5.82 Å². The molecule has 32 heavy (non-hydrogen) atoms. The molecule has 1 atom stereocenters. The fourth-order valence-corrected chi connectivity index (χ4v) is 5.99. The van der Waals surface area contributed by atoms with Crippen molar-refractivity contribution in [2.24, 2.45) is 0 Å². The molecule has 0 N–H and O–H groups in total. The third-order valence-corrected chi connectivity index (χ3v) is 7.96. The van der Waals surface area contributed by atoms with Crippen molar-refractivity contribution in [3.8, 4) is 11.3 Å². The van der Waals surface area contributed by atoms with Gasteiger partial charge < -0.3 is 4.90 Å². The van der Waals surface area contributed by atoms with Crippen LogP contribution in [-0.4, -0.2) is 48.6 Å². The Bertz CT molecular complexity index is 1340. The van der Waals surface area contributed by atoms with E-state index in [1.165, 1.54) is 0 Å². The lowest BCUT2D eigenvalue weighted by atomic mass is 10.0. The van der Waals surface area contributed by atoms with Crippen molar-refractivity contribution < 1.29 is 8.42 Å². The normalized spacial score (nSPS) is 17.5. The summed E-state index contributed by atoms with van der Waals surface area (Å²) in [6.07, 6.45) is 0. The summed E-state index contributed by atoms with van der Waals surface area (Å²) in [5.41, 5.74) is 1.87. The predicted molar refractivity (Wildman–Crippen MR) is 127 cm³/mol. The molecule has 2 heterocycles. The molecule has 1 fully saturated rings. The Morgan fingerprint density at radius 3 is 2.09 bits per heavy atom. The highest BCUT2D eigenvalue weighted by Gasteiger charge is 2.34. The SMILES string of the molecule is C[C@H]1CN(c2nnc(-c3ccccc3)c3ccccc23)CCN1S(=O)(=O)c1ccccc1. The first kappa shape index (κ1) is 20.6. The number of fused-ring (bicyclic) bond motifs is 1. The lowest BCUT2D eigenvalue weighted by molar-refractivity contribution is 0.306. The highest BCUT2D eigenvalue weighted by Crippen LogP contribution is 2.32. The van der Waals surface area contributed by atoms with Crippen molar-refractivity contribution in [1.82, 2.24) is 14.5 Å². The van der Waals surface area contributed by atoms with Crippen LogP contribution in [0.3, 0.4) is 0 Å². The molecule has 0 unspecified atom stereocenters. The van der Waals surface area contributed by atoms with Gasteiger partial charge >= 0.3 is 0 Å². The van der Waals surface area contributed by atoms with Crippen LogP contribution in [0.5, 0.6) is 0 Å². The third-order valence-electron chi connectivity index (χ3n) is 5.93. The molecule has 7 heteroatoms. The Labute approximate surface area is 188 Å². The van der Waals surface area contributed by atoms with Crippen molar-refractivity contribution >= 4 is 26.6 Å². The van der Waals surface area contributed by atoms with E-state index in [1.807, 2.05) is 55.5 Å². The summed E-state index contributed by atoms with van der Waals surface area (Å²) >= 11 is 0. The van der Waals surface area contributed by atoms with Gasteiger partial charge in [-0.25, -0.2) is 8.42 Å². The molecule has 1 aliphatic rings. The molecule has 1 aliphatic heterocycles. The van der Waals surface area contributed by atoms with Gasteiger partial charge in [-0.3, -0.25) is 0 Å². The fraction of sp³-hybridized carbons (Fsp3) is 0.200. The van der Waals surface area contributed by atoms with Gasteiger partial charge in [-0.05, 0) is 19.1 Å². The minimum absolute atomic E-state index is 0.191. The zero-order chi connectivity index (χ0) is 22.1. The molecule has 6 nitrogen and oxygen atoms in total. The zero-order valence-corrected chi connectivity index (χ0v) is 18.6. The van der Waals surface area contributed by atoms with Crippen molar-refractivity contribution in [2.45, 2.75) is 17.9 Å². The van der Waals surface area contributed by atoms with Crippen molar-refractivity contribution in [3.63, 3.8) is 0 Å². The van der Waals surface area contributed by atoms with Gasteiger partial charge in [-0.15, -0.1) is 10.2 Å². The largest absolute Gasteiger partial charge is 0.352 e. The van der Waals surface area contributed by atoms with E-state index in [9.17, 15) is 8.42 Å². The molecule has 162 valence electrons.